The van der Waals surface area contributed by atoms with E-state index in [4.69, 9.17) is 9.47 Å². The van der Waals surface area contributed by atoms with Gasteiger partial charge in [-0.15, -0.1) is 5.10 Å². The van der Waals surface area contributed by atoms with Crippen LogP contribution in [0.5, 0.6) is 0 Å². The van der Waals surface area contributed by atoms with Crippen molar-refractivity contribution in [3.8, 4) is 11.3 Å². The minimum atomic E-state index is -1.24. The van der Waals surface area contributed by atoms with Crippen LogP contribution in [0.4, 0.5) is 13.6 Å². The fourth-order valence-corrected chi connectivity index (χ4v) is 5.96. The molecular weight excluding hydrogens is 488 g/mol. The molecule has 1 aromatic carbocycles. The summed E-state index contributed by atoms with van der Waals surface area (Å²) in [7, 11) is 1.46. The summed E-state index contributed by atoms with van der Waals surface area (Å²) in [5, 5.41) is 32.2. The number of rotatable bonds is 6. The molecule has 3 aliphatic rings. The Kier molecular flexibility index (Phi) is 7.18. The fourth-order valence-electron chi connectivity index (χ4n) is 5.96. The van der Waals surface area contributed by atoms with Gasteiger partial charge in [0.2, 0.25) is 0 Å². The minimum absolute atomic E-state index is 0.0633. The fraction of sp³-hybridized carbons (Fsp3) is 0.640. The lowest BCUT2D eigenvalue weighted by atomic mass is 9.82. The lowest BCUT2D eigenvalue weighted by Crippen LogP contribution is -2.59. The van der Waals surface area contributed by atoms with Crippen LogP contribution in [-0.2, 0) is 9.47 Å². The molecule has 0 radical (unpaired) electrons. The van der Waals surface area contributed by atoms with Crippen molar-refractivity contribution in [2.24, 2.45) is 0 Å². The Hall–Kier alpha value is -2.67. The number of ether oxygens (including phenoxy) is 2. The van der Waals surface area contributed by atoms with Gasteiger partial charge in [0.1, 0.15) is 36.2 Å². The number of carbonyl (C=O) groups excluding carboxylic acids is 1. The molecule has 2 amide bonds. The summed E-state index contributed by atoms with van der Waals surface area (Å²) in [6.45, 7) is 1.72. The maximum atomic E-state index is 14.6. The second-order valence-electron chi connectivity index (χ2n) is 10.4. The number of benzene rings is 1. The van der Waals surface area contributed by atoms with Gasteiger partial charge >= 0.3 is 6.03 Å². The van der Waals surface area contributed by atoms with E-state index >= 15 is 0 Å². The van der Waals surface area contributed by atoms with Gasteiger partial charge in [0.05, 0.1) is 24.9 Å². The summed E-state index contributed by atoms with van der Waals surface area (Å²) in [5.74, 6) is -2.00. The van der Waals surface area contributed by atoms with E-state index in [0.29, 0.717) is 6.54 Å². The zero-order valence-corrected chi connectivity index (χ0v) is 20.9. The number of aliphatic hydroxyl groups is 2. The van der Waals surface area contributed by atoms with E-state index in [9.17, 15) is 23.8 Å². The maximum absolute atomic E-state index is 14.6. The molecular formula is C25H33F2N5O5. The van der Waals surface area contributed by atoms with Gasteiger partial charge in [-0.25, -0.2) is 18.3 Å². The molecule has 2 aliphatic heterocycles. The zero-order chi connectivity index (χ0) is 26.3. The lowest BCUT2D eigenvalue weighted by Gasteiger charge is -2.44. The van der Waals surface area contributed by atoms with Crippen molar-refractivity contribution in [3.05, 3.63) is 35.5 Å². The molecule has 1 aromatic heterocycles. The third-order valence-electron chi connectivity index (χ3n) is 7.97. The van der Waals surface area contributed by atoms with E-state index in [2.05, 4.69) is 15.6 Å². The molecule has 3 fully saturated rings. The van der Waals surface area contributed by atoms with Gasteiger partial charge in [-0.2, -0.15) is 0 Å². The third kappa shape index (κ3) is 4.71. The first kappa shape index (κ1) is 26.0. The number of amides is 2. The number of hydrogen-bond donors (Lipinski definition) is 3. The number of aromatic nitrogens is 3. The Morgan fingerprint density at radius 1 is 1.22 bits per heavy atom. The molecule has 10 nitrogen and oxygen atoms in total. The van der Waals surface area contributed by atoms with Crippen molar-refractivity contribution < 1.29 is 33.3 Å². The zero-order valence-electron chi connectivity index (χ0n) is 20.9. The molecule has 0 bridgehead atoms. The highest BCUT2D eigenvalue weighted by Gasteiger charge is 2.50. The van der Waals surface area contributed by atoms with Crippen molar-refractivity contribution in [3.63, 3.8) is 0 Å². The Balaban J connectivity index is 1.41. The molecule has 1 saturated carbocycles. The molecule has 5 atom stereocenters. The number of nitrogens with one attached hydrogen (secondary N) is 1. The molecule has 3 heterocycles. The van der Waals surface area contributed by atoms with Gasteiger partial charge in [-0.1, -0.05) is 30.5 Å². The molecule has 1 aliphatic carbocycles. The van der Waals surface area contributed by atoms with Crippen molar-refractivity contribution in [2.75, 3.05) is 26.8 Å². The van der Waals surface area contributed by atoms with Gasteiger partial charge in [-0.05, 0) is 31.4 Å². The van der Waals surface area contributed by atoms with Crippen LogP contribution in [0.2, 0.25) is 0 Å². The Bertz CT molecular complexity index is 1140. The van der Waals surface area contributed by atoms with E-state index in [-0.39, 0.29) is 34.9 Å². The van der Waals surface area contributed by atoms with Gasteiger partial charge < -0.3 is 29.9 Å². The predicted octanol–water partition coefficient (Wildman–Crippen LogP) is 1.94. The van der Waals surface area contributed by atoms with Gasteiger partial charge in [-0.3, -0.25) is 0 Å². The van der Waals surface area contributed by atoms with Crippen molar-refractivity contribution in [1.29, 1.82) is 0 Å². The third-order valence-corrected chi connectivity index (χ3v) is 7.97. The number of aryl methyl sites for hydroxylation is 1. The maximum Gasteiger partial charge on any atom is 0.318 e. The van der Waals surface area contributed by atoms with Crippen LogP contribution in [0.1, 0.15) is 43.7 Å². The van der Waals surface area contributed by atoms with Crippen LogP contribution in [0, 0.1) is 18.6 Å². The monoisotopic (exact) mass is 521 g/mol. The molecule has 3 N–H and O–H groups in total. The smallest absolute Gasteiger partial charge is 0.318 e. The van der Waals surface area contributed by atoms with Crippen molar-refractivity contribution in [1.82, 2.24) is 25.2 Å². The first-order valence-corrected chi connectivity index (χ1v) is 12.7. The van der Waals surface area contributed by atoms with Crippen LogP contribution >= 0.6 is 0 Å². The molecule has 1 spiro atoms. The number of nitrogens with zero attached hydrogens (tertiary/aromatic N) is 4. The highest BCUT2D eigenvalue weighted by Crippen LogP contribution is 2.36. The minimum Gasteiger partial charge on any atom is -0.394 e. The Morgan fingerprint density at radius 3 is 2.68 bits per heavy atom. The summed E-state index contributed by atoms with van der Waals surface area (Å²) in [6.07, 6.45) is 2.86. The highest BCUT2D eigenvalue weighted by atomic mass is 19.2. The highest BCUT2D eigenvalue weighted by molar-refractivity contribution is 5.78. The van der Waals surface area contributed by atoms with E-state index in [1.54, 1.807) is 4.90 Å². The van der Waals surface area contributed by atoms with Gasteiger partial charge in [0.25, 0.3) is 0 Å². The average molecular weight is 522 g/mol. The van der Waals surface area contributed by atoms with Gasteiger partial charge in [0, 0.05) is 19.2 Å². The van der Waals surface area contributed by atoms with Crippen LogP contribution in [0.3, 0.4) is 0 Å². The second kappa shape index (κ2) is 10.2. The normalized spacial score (nSPS) is 29.6. The molecule has 37 heavy (non-hydrogen) atoms. The molecule has 2 saturated heterocycles. The number of methoxy groups -OCH3 is 1. The van der Waals surface area contributed by atoms with Crippen molar-refractivity contribution in [2.45, 2.75) is 75.0 Å². The Labute approximate surface area is 213 Å². The first-order chi connectivity index (χ1) is 17.8. The van der Waals surface area contributed by atoms with E-state index in [0.717, 1.165) is 32.1 Å². The molecule has 202 valence electrons. The summed E-state index contributed by atoms with van der Waals surface area (Å²) >= 11 is 0. The largest absolute Gasteiger partial charge is 0.394 e. The quantitative estimate of drug-likeness (QED) is 0.531. The summed E-state index contributed by atoms with van der Waals surface area (Å²) in [5.41, 5.74) is -0.0508. The molecule has 12 heteroatoms. The molecule has 5 rings (SSSR count). The van der Waals surface area contributed by atoms with Crippen LogP contribution < -0.4 is 5.32 Å². The lowest BCUT2D eigenvalue weighted by molar-refractivity contribution is -0.214. The van der Waals surface area contributed by atoms with Crippen LogP contribution in [0.25, 0.3) is 11.3 Å². The molecule has 2 aromatic rings. The standard InChI is InChI=1S/C25H33F2N5O5/c1-14-6-7-15(20(27)19(14)26)16-10-32(30-29-16)21-22(34)18(12-33)37-17(23(21)36-2)11-31-13-25(28-24(31)35)8-4-3-5-9-25/h6-7,10,17-18,21-23,33-34H,3-5,8-9,11-13H2,1-2H3,(H,28,35)/t17-,18-,21+,22+,23+/m1/s1. The number of carbonyl (C=O) groups is 1. The second-order valence-corrected chi connectivity index (χ2v) is 10.4. The SMILES string of the molecule is CO[C@@H]1[C@@H](n2cc(-c3ccc(C)c(F)c3F)nn2)[C@@H](O)[C@@H](CO)O[C@@H]1CN1CC2(CCCCC2)NC1=O. The van der Waals surface area contributed by atoms with E-state index in [1.807, 2.05) is 0 Å². The summed E-state index contributed by atoms with van der Waals surface area (Å²) < 4.78 is 41.8. The van der Waals surface area contributed by atoms with E-state index < -0.39 is 48.7 Å². The van der Waals surface area contributed by atoms with Crippen molar-refractivity contribution >= 4 is 6.03 Å². The number of hydrogen-bond acceptors (Lipinski definition) is 7. The average Bonchev–Trinajstić information content (AvgIpc) is 3.48. The van der Waals surface area contributed by atoms with Gasteiger partial charge in [0.15, 0.2) is 11.6 Å². The Morgan fingerprint density at radius 2 is 1.97 bits per heavy atom. The summed E-state index contributed by atoms with van der Waals surface area (Å²) in [4.78, 5) is 14.5. The summed E-state index contributed by atoms with van der Waals surface area (Å²) in [6, 6.07) is 1.83. The van der Waals surface area contributed by atoms with Crippen LogP contribution in [0.15, 0.2) is 18.3 Å². The van der Waals surface area contributed by atoms with Crippen LogP contribution in [-0.4, -0.2) is 92.9 Å². The molecule has 0 unspecified atom stereocenters. The first-order valence-electron chi connectivity index (χ1n) is 12.7. The number of urea groups is 1. The topological polar surface area (TPSA) is 122 Å². The number of aliphatic hydroxyl groups excluding tert-OH is 2. The van der Waals surface area contributed by atoms with E-state index in [1.165, 1.54) is 37.0 Å². The predicted molar refractivity (Wildman–Crippen MR) is 128 cm³/mol. The number of halogens is 2.